The van der Waals surface area contributed by atoms with Crippen molar-refractivity contribution in [2.75, 3.05) is 31.2 Å². The zero-order valence-corrected chi connectivity index (χ0v) is 14.7. The van der Waals surface area contributed by atoms with Gasteiger partial charge in [-0.3, -0.25) is 0 Å². The van der Waals surface area contributed by atoms with Crippen LogP contribution in [0, 0.1) is 5.92 Å². The summed E-state index contributed by atoms with van der Waals surface area (Å²) >= 11 is 0. The normalized spacial score (nSPS) is 24.0. The molecule has 2 saturated heterocycles. The van der Waals surface area contributed by atoms with Gasteiger partial charge in [0.25, 0.3) is 0 Å². The van der Waals surface area contributed by atoms with Crippen LogP contribution < -0.4 is 4.90 Å². The first-order chi connectivity index (χ1) is 12.8. The molecule has 1 aromatic rings. The molecule has 1 atom stereocenters. The highest BCUT2D eigenvalue weighted by atomic mass is 19.4. The van der Waals surface area contributed by atoms with Gasteiger partial charge in [0.2, 0.25) is 5.95 Å². The molecule has 0 radical (unpaired) electrons. The van der Waals surface area contributed by atoms with Gasteiger partial charge in [0.15, 0.2) is 0 Å². The van der Waals surface area contributed by atoms with Crippen LogP contribution >= 0.6 is 0 Å². The molecule has 27 heavy (non-hydrogen) atoms. The van der Waals surface area contributed by atoms with Gasteiger partial charge in [0, 0.05) is 32.0 Å². The molecule has 3 aliphatic rings. The fourth-order valence-electron chi connectivity index (χ4n) is 3.15. The number of carboxylic acids is 1. The Morgan fingerprint density at radius 2 is 1.93 bits per heavy atom. The van der Waals surface area contributed by atoms with E-state index in [2.05, 4.69) is 14.9 Å². The zero-order valence-electron chi connectivity index (χ0n) is 14.7. The quantitative estimate of drug-likeness (QED) is 0.846. The number of carboxylic acid groups (broad SMARTS) is 1. The average molecular weight is 389 g/mol. The molecule has 3 heterocycles. The summed E-state index contributed by atoms with van der Waals surface area (Å²) in [6, 6.07) is 1.85. The van der Waals surface area contributed by atoms with E-state index in [9.17, 15) is 13.2 Å². The minimum atomic E-state index is -5.08. The van der Waals surface area contributed by atoms with Gasteiger partial charge in [0.05, 0.1) is 19.2 Å². The lowest BCUT2D eigenvalue weighted by Gasteiger charge is -2.52. The van der Waals surface area contributed by atoms with E-state index in [-0.39, 0.29) is 5.60 Å². The van der Waals surface area contributed by atoms with Gasteiger partial charge in [-0.05, 0) is 31.2 Å². The van der Waals surface area contributed by atoms with E-state index >= 15 is 0 Å². The predicted octanol–water partition coefficient (Wildman–Crippen LogP) is 2.27. The summed E-state index contributed by atoms with van der Waals surface area (Å²) in [5.41, 5.74) is -0.0222. The Morgan fingerprint density at radius 3 is 2.48 bits per heavy atom. The summed E-state index contributed by atoms with van der Waals surface area (Å²) in [6.45, 7) is 3.55. The summed E-state index contributed by atoms with van der Waals surface area (Å²) < 4.78 is 43.8. The van der Waals surface area contributed by atoms with Gasteiger partial charge in [-0.2, -0.15) is 13.2 Å². The molecule has 0 aromatic carbocycles. The first-order valence-electron chi connectivity index (χ1n) is 8.85. The minimum Gasteiger partial charge on any atom is -0.475 e. The van der Waals surface area contributed by atoms with Crippen molar-refractivity contribution in [3.8, 4) is 0 Å². The van der Waals surface area contributed by atoms with Crippen LogP contribution in [0.4, 0.5) is 19.1 Å². The van der Waals surface area contributed by atoms with Crippen molar-refractivity contribution in [1.29, 1.82) is 0 Å². The number of hydrogen-bond donors (Lipinski definition) is 1. The monoisotopic (exact) mass is 389 g/mol. The number of ether oxygens (including phenoxy) is 2. The first-order valence-corrected chi connectivity index (χ1v) is 8.85. The number of aliphatic carboxylic acids is 1. The maximum atomic E-state index is 10.6. The Balaban J connectivity index is 0.000000260. The molecule has 4 rings (SSSR count). The second-order valence-electron chi connectivity index (χ2n) is 7.13. The topological polar surface area (TPSA) is 84.8 Å². The van der Waals surface area contributed by atoms with E-state index in [4.69, 9.17) is 19.4 Å². The summed E-state index contributed by atoms with van der Waals surface area (Å²) in [4.78, 5) is 19.7. The van der Waals surface area contributed by atoms with E-state index in [1.165, 1.54) is 12.8 Å². The lowest BCUT2D eigenvalue weighted by atomic mass is 9.85. The van der Waals surface area contributed by atoms with Crippen molar-refractivity contribution in [3.63, 3.8) is 0 Å². The second-order valence-corrected chi connectivity index (χ2v) is 7.13. The molecule has 3 fully saturated rings. The number of halogens is 3. The van der Waals surface area contributed by atoms with Gasteiger partial charge in [-0.25, -0.2) is 14.8 Å². The molecule has 0 bridgehead atoms. The predicted molar refractivity (Wildman–Crippen MR) is 88.3 cm³/mol. The van der Waals surface area contributed by atoms with Crippen LogP contribution in [-0.4, -0.2) is 65.2 Å². The average Bonchev–Trinajstić information content (AvgIpc) is 3.43. The van der Waals surface area contributed by atoms with Crippen LogP contribution in [0.2, 0.25) is 0 Å². The van der Waals surface area contributed by atoms with Gasteiger partial charge in [-0.15, -0.1) is 0 Å². The highest BCUT2D eigenvalue weighted by molar-refractivity contribution is 5.73. The maximum absolute atomic E-state index is 10.6. The van der Waals surface area contributed by atoms with E-state index in [0.29, 0.717) is 6.10 Å². The lowest BCUT2D eigenvalue weighted by molar-refractivity contribution is -0.192. The third kappa shape index (κ3) is 5.52. The van der Waals surface area contributed by atoms with Gasteiger partial charge in [-0.1, -0.05) is 0 Å². The molecule has 0 amide bonds. The van der Waals surface area contributed by atoms with Crippen molar-refractivity contribution >= 4 is 11.9 Å². The molecule has 1 saturated carbocycles. The van der Waals surface area contributed by atoms with E-state index in [1.54, 1.807) is 12.4 Å². The zero-order chi connectivity index (χ0) is 19.5. The highest BCUT2D eigenvalue weighted by Gasteiger charge is 2.49. The molecule has 2 aliphatic heterocycles. The molecule has 1 spiro atoms. The number of aromatic nitrogens is 2. The summed E-state index contributed by atoms with van der Waals surface area (Å²) in [7, 11) is 0. The van der Waals surface area contributed by atoms with Crippen LogP contribution in [0.3, 0.4) is 0 Å². The van der Waals surface area contributed by atoms with Crippen molar-refractivity contribution in [1.82, 2.24) is 9.97 Å². The Kier molecular flexibility index (Phi) is 5.85. The number of hydrogen-bond acceptors (Lipinski definition) is 6. The Bertz CT molecular complexity index is 634. The molecule has 10 heteroatoms. The van der Waals surface area contributed by atoms with Gasteiger partial charge in [0.1, 0.15) is 5.60 Å². The first kappa shape index (κ1) is 19.8. The third-order valence-electron chi connectivity index (χ3n) is 4.75. The Hall–Kier alpha value is -1.94. The number of alkyl halides is 3. The Labute approximate surface area is 154 Å². The number of nitrogens with zero attached hydrogens (tertiary/aromatic N) is 3. The maximum Gasteiger partial charge on any atom is 0.490 e. The molecule has 150 valence electrons. The van der Waals surface area contributed by atoms with E-state index in [0.717, 1.165) is 51.0 Å². The third-order valence-corrected chi connectivity index (χ3v) is 4.75. The highest BCUT2D eigenvalue weighted by Crippen LogP contribution is 2.37. The van der Waals surface area contributed by atoms with Crippen LogP contribution in [-0.2, 0) is 14.3 Å². The summed E-state index contributed by atoms with van der Waals surface area (Å²) in [6.07, 6.45) is 3.64. The number of anilines is 1. The molecule has 1 unspecified atom stereocenters. The lowest BCUT2D eigenvalue weighted by Crippen LogP contribution is -2.66. The fourth-order valence-corrected chi connectivity index (χ4v) is 3.15. The number of carbonyl (C=O) groups is 1. The smallest absolute Gasteiger partial charge is 0.475 e. The van der Waals surface area contributed by atoms with Crippen LogP contribution in [0.15, 0.2) is 18.5 Å². The van der Waals surface area contributed by atoms with Crippen molar-refractivity contribution in [3.05, 3.63) is 18.5 Å². The summed E-state index contributed by atoms with van der Waals surface area (Å²) in [5, 5.41) is 7.12. The van der Waals surface area contributed by atoms with Gasteiger partial charge >= 0.3 is 12.1 Å². The van der Waals surface area contributed by atoms with Crippen molar-refractivity contribution in [2.24, 2.45) is 5.92 Å². The van der Waals surface area contributed by atoms with Crippen molar-refractivity contribution < 1.29 is 32.5 Å². The van der Waals surface area contributed by atoms with Gasteiger partial charge < -0.3 is 19.5 Å². The van der Waals surface area contributed by atoms with Crippen LogP contribution in [0.25, 0.3) is 0 Å². The standard InChI is InChI=1S/C15H21N3O2.C2HF3O2/c1-5-16-14(17-6-1)18-10-15(11-18)8-13(4-7-20-15)19-9-12-2-3-12;3-2(4,5)1(6)7/h1,5-6,12-13H,2-4,7-11H2;(H,6,7). The minimum absolute atomic E-state index is 0.0222. The fraction of sp³-hybridized carbons (Fsp3) is 0.706. The van der Waals surface area contributed by atoms with Crippen LogP contribution in [0.1, 0.15) is 25.7 Å². The molecule has 1 aliphatic carbocycles. The number of rotatable bonds is 4. The van der Waals surface area contributed by atoms with E-state index in [1.807, 2.05) is 6.07 Å². The molecule has 1 aromatic heterocycles. The molecular weight excluding hydrogens is 367 g/mol. The SMILES string of the molecule is O=C(O)C(F)(F)F.c1cnc(N2CC3(CC(OCC4CC4)CCO3)C2)nc1. The largest absolute Gasteiger partial charge is 0.490 e. The second kappa shape index (κ2) is 7.97. The van der Waals surface area contributed by atoms with E-state index < -0.39 is 12.1 Å². The van der Waals surface area contributed by atoms with Crippen molar-refractivity contribution in [2.45, 2.75) is 43.6 Å². The molecule has 7 nitrogen and oxygen atoms in total. The molecular formula is C17H22F3N3O4. The Morgan fingerprint density at radius 1 is 1.30 bits per heavy atom. The van der Waals surface area contributed by atoms with Crippen LogP contribution in [0.5, 0.6) is 0 Å². The summed E-state index contributed by atoms with van der Waals surface area (Å²) in [5.74, 6) is -1.11. The molecule has 1 N–H and O–H groups in total.